The third kappa shape index (κ3) is 1.93. The summed E-state index contributed by atoms with van der Waals surface area (Å²) in [5, 5.41) is 14.6. The molecule has 3 nitrogen and oxygen atoms in total. The summed E-state index contributed by atoms with van der Waals surface area (Å²) in [6.07, 6.45) is 0. The van der Waals surface area contributed by atoms with E-state index in [4.69, 9.17) is 0 Å². The van der Waals surface area contributed by atoms with Crippen LogP contribution in [0.4, 0.5) is 0 Å². The van der Waals surface area contributed by atoms with E-state index >= 15 is 0 Å². The Morgan fingerprint density at radius 3 is 2.41 bits per heavy atom. The lowest BCUT2D eigenvalue weighted by Gasteiger charge is -2.12. The summed E-state index contributed by atoms with van der Waals surface area (Å²) >= 11 is 0. The van der Waals surface area contributed by atoms with Crippen LogP contribution in [0.2, 0.25) is 0 Å². The van der Waals surface area contributed by atoms with Gasteiger partial charge in [-0.2, -0.15) is 5.10 Å². The average Bonchev–Trinajstić information content (AvgIpc) is 2.57. The topological polar surface area (TPSA) is 38.1 Å². The fourth-order valence-electron chi connectivity index (χ4n) is 2.00. The molecule has 0 radical (unpaired) electrons. The minimum absolute atomic E-state index is 0.226. The van der Waals surface area contributed by atoms with Crippen LogP contribution in [-0.2, 0) is 0 Å². The number of aromatic hydroxyl groups is 1. The van der Waals surface area contributed by atoms with E-state index < -0.39 is 0 Å². The fraction of sp³-hybridized carbons (Fsp3) is 0.357. The Morgan fingerprint density at radius 1 is 1.18 bits per heavy atom. The van der Waals surface area contributed by atoms with Crippen molar-refractivity contribution in [1.82, 2.24) is 9.78 Å². The molecule has 0 unspecified atom stereocenters. The Labute approximate surface area is 102 Å². The van der Waals surface area contributed by atoms with E-state index in [0.717, 1.165) is 16.8 Å². The van der Waals surface area contributed by atoms with Crippen molar-refractivity contribution in [3.63, 3.8) is 0 Å². The Bertz CT molecular complexity index is 541. The van der Waals surface area contributed by atoms with Crippen molar-refractivity contribution >= 4 is 0 Å². The zero-order valence-electron chi connectivity index (χ0n) is 10.7. The molecule has 3 heteroatoms. The lowest BCUT2D eigenvalue weighted by atomic mass is 10.0. The van der Waals surface area contributed by atoms with Gasteiger partial charge in [-0.25, -0.2) is 0 Å². The van der Waals surface area contributed by atoms with Gasteiger partial charge in [0.15, 0.2) is 5.75 Å². The highest BCUT2D eigenvalue weighted by molar-refractivity contribution is 5.70. The molecular formula is C14H18N2O. The maximum Gasteiger partial charge on any atom is 0.164 e. The molecule has 1 heterocycles. The minimum atomic E-state index is 0.226. The summed E-state index contributed by atoms with van der Waals surface area (Å²) in [6, 6.07) is 8.27. The van der Waals surface area contributed by atoms with Gasteiger partial charge in [0.05, 0.1) is 0 Å². The molecule has 0 saturated carbocycles. The van der Waals surface area contributed by atoms with E-state index in [0.29, 0.717) is 5.69 Å². The monoisotopic (exact) mass is 230 g/mol. The molecule has 1 N–H and O–H groups in total. The van der Waals surface area contributed by atoms with Crippen molar-refractivity contribution in [2.24, 2.45) is 0 Å². The van der Waals surface area contributed by atoms with Gasteiger partial charge in [-0.15, -0.1) is 0 Å². The number of hydrogen-bond acceptors (Lipinski definition) is 2. The summed E-state index contributed by atoms with van der Waals surface area (Å²) < 4.78 is 1.88. The lowest BCUT2D eigenvalue weighted by molar-refractivity contribution is 0.471. The highest BCUT2D eigenvalue weighted by atomic mass is 16.3. The number of hydrogen-bond donors (Lipinski definition) is 1. The van der Waals surface area contributed by atoms with Gasteiger partial charge in [0, 0.05) is 11.6 Å². The van der Waals surface area contributed by atoms with Crippen LogP contribution in [0, 0.1) is 13.8 Å². The van der Waals surface area contributed by atoms with Crippen LogP contribution in [0.15, 0.2) is 24.3 Å². The first kappa shape index (κ1) is 11.7. The van der Waals surface area contributed by atoms with Gasteiger partial charge in [0.25, 0.3) is 0 Å². The summed E-state index contributed by atoms with van der Waals surface area (Å²) in [5.41, 5.74) is 3.68. The smallest absolute Gasteiger partial charge is 0.164 e. The number of nitrogens with zero attached hydrogens (tertiary/aromatic N) is 2. The third-order valence-corrected chi connectivity index (χ3v) is 2.94. The van der Waals surface area contributed by atoms with Gasteiger partial charge in [-0.3, -0.25) is 4.68 Å². The molecule has 2 rings (SSSR count). The van der Waals surface area contributed by atoms with Gasteiger partial charge < -0.3 is 5.11 Å². The van der Waals surface area contributed by atoms with E-state index in [1.54, 1.807) is 0 Å². The third-order valence-electron chi connectivity index (χ3n) is 2.94. The minimum Gasteiger partial charge on any atom is -0.504 e. The normalized spacial score (nSPS) is 11.1. The molecule has 0 saturated heterocycles. The second-order valence-corrected chi connectivity index (χ2v) is 4.64. The molecule has 90 valence electrons. The zero-order valence-corrected chi connectivity index (χ0v) is 10.7. The van der Waals surface area contributed by atoms with E-state index in [2.05, 4.69) is 18.9 Å². The van der Waals surface area contributed by atoms with Crippen LogP contribution in [0.1, 0.15) is 31.1 Å². The molecule has 0 aliphatic heterocycles. The van der Waals surface area contributed by atoms with Gasteiger partial charge >= 0.3 is 0 Å². The van der Waals surface area contributed by atoms with Crippen molar-refractivity contribution in [3.05, 3.63) is 35.5 Å². The van der Waals surface area contributed by atoms with E-state index in [-0.39, 0.29) is 11.8 Å². The molecule has 17 heavy (non-hydrogen) atoms. The van der Waals surface area contributed by atoms with Gasteiger partial charge in [-0.1, -0.05) is 24.3 Å². The van der Waals surface area contributed by atoms with Crippen molar-refractivity contribution in [1.29, 1.82) is 0 Å². The Hall–Kier alpha value is -1.77. The SMILES string of the molecule is Cc1ccccc1-c1c(O)c(C)nn1C(C)C. The average molecular weight is 230 g/mol. The molecule has 1 aromatic heterocycles. The Balaban J connectivity index is 2.70. The van der Waals surface area contributed by atoms with Gasteiger partial charge in [0.2, 0.25) is 0 Å². The summed E-state index contributed by atoms with van der Waals surface area (Å²) in [5.74, 6) is 0.285. The second kappa shape index (κ2) is 4.24. The fourth-order valence-corrected chi connectivity index (χ4v) is 2.00. The highest BCUT2D eigenvalue weighted by Crippen LogP contribution is 2.35. The first-order chi connectivity index (χ1) is 8.02. The second-order valence-electron chi connectivity index (χ2n) is 4.64. The molecule has 1 aromatic carbocycles. The number of aryl methyl sites for hydroxylation is 2. The van der Waals surface area contributed by atoms with Crippen LogP contribution < -0.4 is 0 Å². The largest absolute Gasteiger partial charge is 0.504 e. The van der Waals surface area contributed by atoms with Crippen LogP contribution in [0.25, 0.3) is 11.3 Å². The highest BCUT2D eigenvalue weighted by Gasteiger charge is 2.18. The van der Waals surface area contributed by atoms with Crippen molar-refractivity contribution < 1.29 is 5.11 Å². The van der Waals surface area contributed by atoms with Crippen LogP contribution >= 0.6 is 0 Å². The summed E-state index contributed by atoms with van der Waals surface area (Å²) in [4.78, 5) is 0. The van der Waals surface area contributed by atoms with Crippen molar-refractivity contribution in [2.75, 3.05) is 0 Å². The van der Waals surface area contributed by atoms with Crippen molar-refractivity contribution in [2.45, 2.75) is 33.7 Å². The number of benzene rings is 1. The maximum absolute atomic E-state index is 10.2. The van der Waals surface area contributed by atoms with Crippen molar-refractivity contribution in [3.8, 4) is 17.0 Å². The molecule has 2 aromatic rings. The first-order valence-electron chi connectivity index (χ1n) is 5.86. The molecule has 0 aliphatic rings. The predicted octanol–water partition coefficient (Wildman–Crippen LogP) is 3.45. The number of aromatic nitrogens is 2. The van der Waals surface area contributed by atoms with E-state index in [1.165, 1.54) is 0 Å². The molecule has 0 spiro atoms. The molecule has 0 bridgehead atoms. The quantitative estimate of drug-likeness (QED) is 0.858. The molecule has 0 atom stereocenters. The molecular weight excluding hydrogens is 212 g/mol. The van der Waals surface area contributed by atoms with Crippen LogP contribution in [0.5, 0.6) is 5.75 Å². The van der Waals surface area contributed by atoms with Crippen LogP contribution in [0.3, 0.4) is 0 Å². The molecule has 0 fully saturated rings. The first-order valence-corrected chi connectivity index (χ1v) is 5.86. The summed E-state index contributed by atoms with van der Waals surface area (Å²) in [7, 11) is 0. The Morgan fingerprint density at radius 2 is 1.82 bits per heavy atom. The Kier molecular flexibility index (Phi) is 2.92. The molecule has 0 amide bonds. The van der Waals surface area contributed by atoms with Gasteiger partial charge in [0.1, 0.15) is 11.4 Å². The lowest BCUT2D eigenvalue weighted by Crippen LogP contribution is -2.05. The van der Waals surface area contributed by atoms with E-state index in [1.807, 2.05) is 42.8 Å². The van der Waals surface area contributed by atoms with E-state index in [9.17, 15) is 5.11 Å². The maximum atomic E-state index is 10.2. The number of rotatable bonds is 2. The predicted molar refractivity (Wildman–Crippen MR) is 69.2 cm³/mol. The molecule has 0 aliphatic carbocycles. The zero-order chi connectivity index (χ0) is 12.6. The van der Waals surface area contributed by atoms with Crippen LogP contribution in [-0.4, -0.2) is 14.9 Å². The van der Waals surface area contributed by atoms with Gasteiger partial charge in [-0.05, 0) is 33.3 Å². The summed E-state index contributed by atoms with van der Waals surface area (Å²) in [6.45, 7) is 8.00. The standard InChI is InChI=1S/C14H18N2O/c1-9(2)16-13(14(17)11(4)15-16)12-8-6-5-7-10(12)3/h5-9,17H,1-4H3.